The molecule has 0 spiro atoms. The Morgan fingerprint density at radius 1 is 1.23 bits per heavy atom. The Kier molecular flexibility index (Phi) is 5.33. The molecule has 1 amide bonds. The van der Waals surface area contributed by atoms with Gasteiger partial charge in [0.2, 0.25) is 5.91 Å². The van der Waals surface area contributed by atoms with Gasteiger partial charge in [-0.05, 0) is 38.5 Å². The lowest BCUT2D eigenvalue weighted by atomic mass is 9.95. The molecule has 2 heterocycles. The second-order valence-electron chi connectivity index (χ2n) is 6.58. The standard InChI is InChI=1S/C17H22F3N5O/c1-24-11-9-14(22-24)21-15(26)8-4-5-10-25-13-7-3-2-6-12(13)16(23-25)17(18,19)20/h9,11H,2-8,10H2,1H3,(H,21,22,26). The van der Waals surface area contributed by atoms with Crippen LogP contribution in [0.2, 0.25) is 0 Å². The van der Waals surface area contributed by atoms with Gasteiger partial charge in [0.05, 0.1) is 0 Å². The number of alkyl halides is 3. The molecule has 2 aromatic rings. The Balaban J connectivity index is 1.53. The van der Waals surface area contributed by atoms with Crippen molar-refractivity contribution in [2.45, 2.75) is 57.7 Å². The summed E-state index contributed by atoms with van der Waals surface area (Å²) in [4.78, 5) is 11.9. The second-order valence-corrected chi connectivity index (χ2v) is 6.58. The summed E-state index contributed by atoms with van der Waals surface area (Å²) in [6.45, 7) is 0.398. The smallest absolute Gasteiger partial charge is 0.309 e. The fourth-order valence-electron chi connectivity index (χ4n) is 3.32. The highest BCUT2D eigenvalue weighted by molar-refractivity contribution is 5.89. The summed E-state index contributed by atoms with van der Waals surface area (Å²) in [5.41, 5.74) is 0.332. The summed E-state index contributed by atoms with van der Waals surface area (Å²) in [7, 11) is 1.76. The number of carbonyl (C=O) groups is 1. The number of aryl methyl sites for hydroxylation is 2. The van der Waals surface area contributed by atoms with E-state index in [0.29, 0.717) is 55.7 Å². The van der Waals surface area contributed by atoms with Crippen LogP contribution in [0.5, 0.6) is 0 Å². The molecule has 0 aromatic carbocycles. The first-order valence-electron chi connectivity index (χ1n) is 8.80. The lowest BCUT2D eigenvalue weighted by Crippen LogP contribution is -2.13. The van der Waals surface area contributed by atoms with Crippen LogP contribution in [-0.2, 0) is 37.4 Å². The highest BCUT2D eigenvalue weighted by Crippen LogP contribution is 2.35. The van der Waals surface area contributed by atoms with E-state index in [0.717, 1.165) is 12.8 Å². The zero-order valence-electron chi connectivity index (χ0n) is 14.6. The molecule has 6 nitrogen and oxygen atoms in total. The SMILES string of the molecule is Cn1ccc(NC(=O)CCCCn2nc(C(F)(F)F)c3c2CCCC3)n1. The van der Waals surface area contributed by atoms with Crippen LogP contribution < -0.4 is 5.32 Å². The summed E-state index contributed by atoms with van der Waals surface area (Å²) in [5, 5.41) is 10.6. The first kappa shape index (κ1) is 18.5. The number of nitrogens with zero attached hydrogens (tertiary/aromatic N) is 4. The molecule has 1 N–H and O–H groups in total. The molecular weight excluding hydrogens is 347 g/mol. The first-order valence-corrected chi connectivity index (χ1v) is 8.80. The molecule has 1 aliphatic rings. The lowest BCUT2D eigenvalue weighted by Gasteiger charge is -2.14. The number of carbonyl (C=O) groups excluding carboxylic acids is 1. The van der Waals surface area contributed by atoms with E-state index < -0.39 is 11.9 Å². The van der Waals surface area contributed by atoms with E-state index in [1.165, 1.54) is 4.68 Å². The Labute approximate surface area is 149 Å². The summed E-state index contributed by atoms with van der Waals surface area (Å²) in [5.74, 6) is 0.343. The number of fused-ring (bicyclic) bond motifs is 1. The third kappa shape index (κ3) is 4.25. The number of nitrogens with one attached hydrogen (secondary N) is 1. The number of anilines is 1. The molecular formula is C17H22F3N5O. The molecule has 0 bridgehead atoms. The predicted octanol–water partition coefficient (Wildman–Crippen LogP) is 3.32. The minimum Gasteiger partial charge on any atom is -0.309 e. The van der Waals surface area contributed by atoms with Crippen LogP contribution in [0.25, 0.3) is 0 Å². The molecule has 0 saturated carbocycles. The third-order valence-corrected chi connectivity index (χ3v) is 4.53. The van der Waals surface area contributed by atoms with Gasteiger partial charge in [0.15, 0.2) is 11.5 Å². The van der Waals surface area contributed by atoms with Crippen LogP contribution in [0.4, 0.5) is 19.0 Å². The fraction of sp³-hybridized carbons (Fsp3) is 0.588. The van der Waals surface area contributed by atoms with Gasteiger partial charge < -0.3 is 5.32 Å². The Bertz CT molecular complexity index is 778. The zero-order chi connectivity index (χ0) is 18.7. The van der Waals surface area contributed by atoms with Crippen LogP contribution in [0.1, 0.15) is 49.1 Å². The molecule has 0 atom stereocenters. The zero-order valence-corrected chi connectivity index (χ0v) is 14.6. The molecule has 0 unspecified atom stereocenters. The van der Waals surface area contributed by atoms with Crippen LogP contribution in [-0.4, -0.2) is 25.5 Å². The molecule has 0 saturated heterocycles. The third-order valence-electron chi connectivity index (χ3n) is 4.53. The Morgan fingerprint density at radius 3 is 2.69 bits per heavy atom. The van der Waals surface area contributed by atoms with Gasteiger partial charge in [0, 0.05) is 43.5 Å². The van der Waals surface area contributed by atoms with E-state index in [4.69, 9.17) is 0 Å². The van der Waals surface area contributed by atoms with Crippen molar-refractivity contribution >= 4 is 11.7 Å². The predicted molar refractivity (Wildman–Crippen MR) is 89.6 cm³/mol. The number of amides is 1. The summed E-state index contributed by atoms with van der Waals surface area (Å²) < 4.78 is 42.6. The quantitative estimate of drug-likeness (QED) is 0.795. The average molecular weight is 369 g/mol. The minimum absolute atomic E-state index is 0.151. The van der Waals surface area contributed by atoms with Gasteiger partial charge >= 0.3 is 6.18 Å². The first-order chi connectivity index (χ1) is 12.3. The van der Waals surface area contributed by atoms with Crippen molar-refractivity contribution < 1.29 is 18.0 Å². The van der Waals surface area contributed by atoms with Crippen molar-refractivity contribution in [1.82, 2.24) is 19.6 Å². The van der Waals surface area contributed by atoms with Crippen molar-refractivity contribution in [2.75, 3.05) is 5.32 Å². The summed E-state index contributed by atoms with van der Waals surface area (Å²) >= 11 is 0. The highest BCUT2D eigenvalue weighted by atomic mass is 19.4. The maximum atomic E-state index is 13.2. The molecule has 1 aliphatic carbocycles. The molecule has 0 fully saturated rings. The number of rotatable bonds is 6. The number of halogens is 3. The second kappa shape index (κ2) is 7.51. The van der Waals surface area contributed by atoms with E-state index >= 15 is 0 Å². The van der Waals surface area contributed by atoms with Crippen molar-refractivity contribution in [3.8, 4) is 0 Å². The van der Waals surface area contributed by atoms with Crippen LogP contribution in [0.15, 0.2) is 12.3 Å². The fourth-order valence-corrected chi connectivity index (χ4v) is 3.32. The van der Waals surface area contributed by atoms with Gasteiger partial charge in [-0.2, -0.15) is 23.4 Å². The maximum Gasteiger partial charge on any atom is 0.435 e. The Morgan fingerprint density at radius 2 is 2.00 bits per heavy atom. The molecule has 26 heavy (non-hydrogen) atoms. The number of aromatic nitrogens is 4. The average Bonchev–Trinajstić information content (AvgIpc) is 3.15. The van der Waals surface area contributed by atoms with Crippen LogP contribution in [0, 0.1) is 0 Å². The van der Waals surface area contributed by atoms with Gasteiger partial charge in [0.25, 0.3) is 0 Å². The van der Waals surface area contributed by atoms with E-state index in [-0.39, 0.29) is 5.91 Å². The van der Waals surface area contributed by atoms with E-state index in [1.807, 2.05) is 0 Å². The monoisotopic (exact) mass is 369 g/mol. The summed E-state index contributed by atoms with van der Waals surface area (Å²) in [6.07, 6.45) is 1.54. The van der Waals surface area contributed by atoms with E-state index in [2.05, 4.69) is 15.5 Å². The van der Waals surface area contributed by atoms with Gasteiger partial charge in [-0.25, -0.2) is 0 Å². The minimum atomic E-state index is -4.41. The Hall–Kier alpha value is -2.32. The van der Waals surface area contributed by atoms with Crippen molar-refractivity contribution in [3.63, 3.8) is 0 Å². The van der Waals surface area contributed by atoms with Gasteiger partial charge in [0.1, 0.15) is 0 Å². The van der Waals surface area contributed by atoms with Gasteiger partial charge in [-0.15, -0.1) is 0 Å². The van der Waals surface area contributed by atoms with Crippen molar-refractivity contribution in [1.29, 1.82) is 0 Å². The molecule has 2 aromatic heterocycles. The van der Waals surface area contributed by atoms with Crippen molar-refractivity contribution in [3.05, 3.63) is 29.2 Å². The summed E-state index contributed by atoms with van der Waals surface area (Å²) in [6, 6.07) is 1.70. The van der Waals surface area contributed by atoms with Crippen LogP contribution in [0.3, 0.4) is 0 Å². The number of unbranched alkanes of at least 4 members (excludes halogenated alkanes) is 1. The van der Waals surface area contributed by atoms with Gasteiger partial charge in [-0.3, -0.25) is 14.2 Å². The molecule has 0 radical (unpaired) electrons. The van der Waals surface area contributed by atoms with Gasteiger partial charge in [-0.1, -0.05) is 0 Å². The topological polar surface area (TPSA) is 64.7 Å². The molecule has 3 rings (SSSR count). The number of hydrogen-bond acceptors (Lipinski definition) is 3. The van der Waals surface area contributed by atoms with E-state index in [1.54, 1.807) is 24.0 Å². The maximum absolute atomic E-state index is 13.2. The lowest BCUT2D eigenvalue weighted by molar-refractivity contribution is -0.142. The number of hydrogen-bond donors (Lipinski definition) is 1. The molecule has 0 aliphatic heterocycles. The normalized spacial score (nSPS) is 14.3. The van der Waals surface area contributed by atoms with Crippen LogP contribution >= 0.6 is 0 Å². The van der Waals surface area contributed by atoms with E-state index in [9.17, 15) is 18.0 Å². The largest absolute Gasteiger partial charge is 0.435 e. The molecule has 9 heteroatoms. The highest BCUT2D eigenvalue weighted by Gasteiger charge is 2.39. The molecule has 142 valence electrons. The van der Waals surface area contributed by atoms with Crippen molar-refractivity contribution in [2.24, 2.45) is 7.05 Å².